The number of pyridine rings is 1. The molecule has 0 aliphatic heterocycles. The lowest BCUT2D eigenvalue weighted by Crippen LogP contribution is -2.36. The Morgan fingerprint density at radius 2 is 1.70 bits per heavy atom. The van der Waals surface area contributed by atoms with E-state index in [9.17, 15) is 9.59 Å². The van der Waals surface area contributed by atoms with E-state index in [1.165, 1.54) is 5.56 Å². The highest BCUT2D eigenvalue weighted by molar-refractivity contribution is 5.78. The lowest BCUT2D eigenvalue weighted by Gasteiger charge is -2.22. The molecule has 0 bridgehead atoms. The number of carbonyl (C=O) groups is 2. The number of benzene rings is 1. The largest absolute Gasteiger partial charge is 0.484 e. The van der Waals surface area contributed by atoms with Crippen molar-refractivity contribution in [2.45, 2.75) is 33.2 Å². The van der Waals surface area contributed by atoms with Gasteiger partial charge in [-0.25, -0.2) is 0 Å². The number of aryl methyl sites for hydroxylation is 1. The molecular weight excluding hydrogens is 344 g/mol. The van der Waals surface area contributed by atoms with Crippen LogP contribution in [0.15, 0.2) is 48.8 Å². The summed E-state index contributed by atoms with van der Waals surface area (Å²) in [5.74, 6) is 0.145. The summed E-state index contributed by atoms with van der Waals surface area (Å²) in [6.45, 7) is 4.75. The molecule has 0 atom stereocenters. The zero-order valence-corrected chi connectivity index (χ0v) is 15.9. The first-order chi connectivity index (χ1) is 13.1. The second-order valence-corrected chi connectivity index (χ2v) is 6.01. The molecule has 0 aliphatic rings. The van der Waals surface area contributed by atoms with Gasteiger partial charge in [-0.3, -0.25) is 14.6 Å². The average Bonchev–Trinajstić information content (AvgIpc) is 2.70. The molecule has 2 rings (SSSR count). The van der Waals surface area contributed by atoms with Crippen LogP contribution in [0.2, 0.25) is 0 Å². The van der Waals surface area contributed by atoms with E-state index in [1.54, 1.807) is 24.2 Å². The van der Waals surface area contributed by atoms with Crippen LogP contribution in [0.4, 0.5) is 0 Å². The Hall–Kier alpha value is -2.89. The minimum atomic E-state index is -0.318. The van der Waals surface area contributed by atoms with Gasteiger partial charge in [-0.05, 0) is 48.7 Å². The lowest BCUT2D eigenvalue weighted by molar-refractivity contribution is -0.144. The third-order valence-electron chi connectivity index (χ3n) is 4.06. The standard InChI is InChI=1S/C21H26N2O4/c1-3-17-5-7-19(8-6-17)27-16-20(24)23(14-11-21(25)26-4-2)15-18-9-12-22-13-10-18/h5-10,12-13H,3-4,11,14-16H2,1-2H3. The maximum Gasteiger partial charge on any atom is 0.307 e. The molecule has 6 nitrogen and oxygen atoms in total. The minimum absolute atomic E-state index is 0.0839. The van der Waals surface area contributed by atoms with Crippen molar-refractivity contribution in [1.29, 1.82) is 0 Å². The summed E-state index contributed by atoms with van der Waals surface area (Å²) in [6, 6.07) is 11.4. The van der Waals surface area contributed by atoms with Crippen molar-refractivity contribution < 1.29 is 19.1 Å². The van der Waals surface area contributed by atoms with Crippen LogP contribution in [0.3, 0.4) is 0 Å². The predicted molar refractivity (Wildman–Crippen MR) is 102 cm³/mol. The molecule has 1 aromatic heterocycles. The smallest absolute Gasteiger partial charge is 0.307 e. The highest BCUT2D eigenvalue weighted by atomic mass is 16.5. The van der Waals surface area contributed by atoms with Crippen molar-refractivity contribution in [3.8, 4) is 5.75 Å². The number of carbonyl (C=O) groups excluding carboxylic acids is 2. The summed E-state index contributed by atoms with van der Waals surface area (Å²) in [7, 11) is 0. The summed E-state index contributed by atoms with van der Waals surface area (Å²) in [6.07, 6.45) is 4.45. The molecule has 27 heavy (non-hydrogen) atoms. The third kappa shape index (κ3) is 7.09. The Kier molecular flexibility index (Phi) is 8.29. The van der Waals surface area contributed by atoms with Crippen molar-refractivity contribution in [3.63, 3.8) is 0 Å². The topological polar surface area (TPSA) is 68.7 Å². The van der Waals surface area contributed by atoms with E-state index in [4.69, 9.17) is 9.47 Å². The summed E-state index contributed by atoms with van der Waals surface area (Å²) in [4.78, 5) is 29.9. The molecule has 144 valence electrons. The fourth-order valence-corrected chi connectivity index (χ4v) is 2.52. The molecule has 0 radical (unpaired) electrons. The van der Waals surface area contributed by atoms with Gasteiger partial charge in [0.25, 0.3) is 5.91 Å². The minimum Gasteiger partial charge on any atom is -0.484 e. The Labute approximate surface area is 160 Å². The van der Waals surface area contributed by atoms with E-state index in [0.717, 1.165) is 12.0 Å². The molecule has 0 spiro atoms. The van der Waals surface area contributed by atoms with Crippen LogP contribution in [0, 0.1) is 0 Å². The first-order valence-corrected chi connectivity index (χ1v) is 9.16. The van der Waals surface area contributed by atoms with Gasteiger partial charge in [-0.1, -0.05) is 19.1 Å². The van der Waals surface area contributed by atoms with Crippen LogP contribution in [-0.2, 0) is 27.3 Å². The van der Waals surface area contributed by atoms with Gasteiger partial charge in [-0.15, -0.1) is 0 Å². The van der Waals surface area contributed by atoms with Gasteiger partial charge in [0.15, 0.2) is 6.61 Å². The normalized spacial score (nSPS) is 10.3. The molecule has 6 heteroatoms. The lowest BCUT2D eigenvalue weighted by atomic mass is 10.2. The van der Waals surface area contributed by atoms with Gasteiger partial charge >= 0.3 is 5.97 Å². The van der Waals surface area contributed by atoms with Gasteiger partial charge < -0.3 is 14.4 Å². The molecule has 0 unspecified atom stereocenters. The molecule has 2 aromatic rings. The summed E-state index contributed by atoms with van der Waals surface area (Å²) >= 11 is 0. The van der Waals surface area contributed by atoms with E-state index in [2.05, 4.69) is 11.9 Å². The number of amides is 1. The third-order valence-corrected chi connectivity index (χ3v) is 4.06. The number of ether oxygens (including phenoxy) is 2. The van der Waals surface area contributed by atoms with Crippen LogP contribution >= 0.6 is 0 Å². The Morgan fingerprint density at radius 3 is 2.33 bits per heavy atom. The number of nitrogens with zero attached hydrogens (tertiary/aromatic N) is 2. The number of esters is 1. The fraction of sp³-hybridized carbons (Fsp3) is 0.381. The van der Waals surface area contributed by atoms with E-state index >= 15 is 0 Å². The maximum absolute atomic E-state index is 12.6. The average molecular weight is 370 g/mol. The van der Waals surface area contributed by atoms with Crippen molar-refractivity contribution in [1.82, 2.24) is 9.88 Å². The fourth-order valence-electron chi connectivity index (χ4n) is 2.52. The van der Waals surface area contributed by atoms with Gasteiger partial charge in [0, 0.05) is 25.5 Å². The molecule has 1 amide bonds. The van der Waals surface area contributed by atoms with Crippen molar-refractivity contribution in [2.75, 3.05) is 19.8 Å². The van der Waals surface area contributed by atoms with Crippen LogP contribution in [0.1, 0.15) is 31.4 Å². The first kappa shape index (κ1) is 20.4. The Morgan fingerprint density at radius 1 is 1.00 bits per heavy atom. The van der Waals surface area contributed by atoms with Crippen LogP contribution in [0.5, 0.6) is 5.75 Å². The number of aromatic nitrogens is 1. The zero-order valence-electron chi connectivity index (χ0n) is 15.9. The molecular formula is C21H26N2O4. The predicted octanol–water partition coefficient (Wildman–Crippen LogP) is 3.00. The van der Waals surface area contributed by atoms with Gasteiger partial charge in [-0.2, -0.15) is 0 Å². The molecule has 0 fully saturated rings. The maximum atomic E-state index is 12.6. The zero-order chi connectivity index (χ0) is 19.5. The number of hydrogen-bond acceptors (Lipinski definition) is 5. The van der Waals surface area contributed by atoms with Gasteiger partial charge in [0.2, 0.25) is 0 Å². The van der Waals surface area contributed by atoms with Crippen LogP contribution < -0.4 is 4.74 Å². The molecule has 0 N–H and O–H groups in total. The molecule has 0 aliphatic carbocycles. The summed E-state index contributed by atoms with van der Waals surface area (Å²) in [5, 5.41) is 0. The van der Waals surface area contributed by atoms with Crippen molar-refractivity contribution in [3.05, 3.63) is 59.9 Å². The van der Waals surface area contributed by atoms with E-state index < -0.39 is 0 Å². The van der Waals surface area contributed by atoms with Crippen molar-refractivity contribution in [2.24, 2.45) is 0 Å². The SMILES string of the molecule is CCOC(=O)CCN(Cc1ccncc1)C(=O)COc1ccc(CC)cc1. The van der Waals surface area contributed by atoms with E-state index in [0.29, 0.717) is 18.9 Å². The quantitative estimate of drug-likeness (QED) is 0.602. The number of hydrogen-bond donors (Lipinski definition) is 0. The summed E-state index contributed by atoms with van der Waals surface area (Å²) in [5.41, 5.74) is 2.15. The Bertz CT molecular complexity index is 717. The van der Waals surface area contributed by atoms with Crippen molar-refractivity contribution >= 4 is 11.9 Å². The van der Waals surface area contributed by atoms with Gasteiger partial charge in [0.1, 0.15) is 5.75 Å². The van der Waals surface area contributed by atoms with E-state index in [-0.39, 0.29) is 31.4 Å². The summed E-state index contributed by atoms with van der Waals surface area (Å²) < 4.78 is 10.6. The molecule has 0 saturated heterocycles. The number of rotatable bonds is 10. The molecule has 1 aromatic carbocycles. The second-order valence-electron chi connectivity index (χ2n) is 6.01. The molecule has 1 heterocycles. The van der Waals surface area contributed by atoms with E-state index in [1.807, 2.05) is 36.4 Å². The highest BCUT2D eigenvalue weighted by Gasteiger charge is 2.17. The first-order valence-electron chi connectivity index (χ1n) is 9.16. The van der Waals surface area contributed by atoms with Crippen LogP contribution in [-0.4, -0.2) is 41.5 Å². The second kappa shape index (κ2) is 11.0. The van der Waals surface area contributed by atoms with Gasteiger partial charge in [0.05, 0.1) is 13.0 Å². The highest BCUT2D eigenvalue weighted by Crippen LogP contribution is 2.13. The monoisotopic (exact) mass is 370 g/mol. The van der Waals surface area contributed by atoms with Crippen LogP contribution in [0.25, 0.3) is 0 Å². The Balaban J connectivity index is 1.96. The molecule has 0 saturated carbocycles.